The lowest BCUT2D eigenvalue weighted by molar-refractivity contribution is -0.154. The van der Waals surface area contributed by atoms with Gasteiger partial charge >= 0.3 is 12.0 Å². The van der Waals surface area contributed by atoms with Gasteiger partial charge in [0, 0.05) is 18.0 Å². The number of hydrogen-bond acceptors (Lipinski definition) is 5. The minimum atomic E-state index is -1.12. The Morgan fingerprint density at radius 2 is 1.62 bits per heavy atom. The van der Waals surface area contributed by atoms with Crippen molar-refractivity contribution in [1.29, 1.82) is 0 Å². The van der Waals surface area contributed by atoms with Gasteiger partial charge in [-0.25, -0.2) is 4.79 Å². The van der Waals surface area contributed by atoms with Crippen LogP contribution in [0.5, 0.6) is 0 Å². The summed E-state index contributed by atoms with van der Waals surface area (Å²) in [6.07, 6.45) is -1.27. The first-order valence-corrected chi connectivity index (χ1v) is 7.68. The van der Waals surface area contributed by atoms with Gasteiger partial charge in [0.25, 0.3) is 5.91 Å². The molecule has 2 N–H and O–H groups in total. The van der Waals surface area contributed by atoms with Crippen LogP contribution in [-0.4, -0.2) is 35.8 Å². The lowest BCUT2D eigenvalue weighted by atomic mass is 10.1. The van der Waals surface area contributed by atoms with E-state index in [0.29, 0.717) is 5.56 Å². The van der Waals surface area contributed by atoms with E-state index in [1.165, 1.54) is 6.92 Å². The number of carbonyl (C=O) groups excluding carboxylic acids is 4. The fraction of sp³-hybridized carbons (Fsp3) is 0.412. The van der Waals surface area contributed by atoms with Crippen LogP contribution in [0.2, 0.25) is 0 Å². The molecular weight excluding hydrogens is 312 g/mol. The molecule has 1 unspecified atom stereocenters. The second-order valence-corrected chi connectivity index (χ2v) is 5.54. The number of hydrogen-bond donors (Lipinski definition) is 2. The van der Waals surface area contributed by atoms with E-state index >= 15 is 0 Å². The third-order valence-electron chi connectivity index (χ3n) is 2.99. The maximum Gasteiger partial charge on any atom is 0.321 e. The van der Waals surface area contributed by atoms with E-state index < -0.39 is 24.0 Å². The van der Waals surface area contributed by atoms with Crippen molar-refractivity contribution in [3.63, 3.8) is 0 Å². The number of ether oxygens (including phenoxy) is 1. The first-order chi connectivity index (χ1) is 11.3. The number of carbonyl (C=O) groups is 4. The number of urea groups is 1. The number of Topliss-reactive ketones (excluding diaryl/α,β-unsaturated/α-hetero) is 1. The van der Waals surface area contributed by atoms with Gasteiger partial charge in [-0.2, -0.15) is 0 Å². The highest BCUT2D eigenvalue weighted by atomic mass is 16.5. The van der Waals surface area contributed by atoms with Gasteiger partial charge in [-0.3, -0.25) is 19.7 Å². The van der Waals surface area contributed by atoms with Gasteiger partial charge < -0.3 is 10.1 Å². The zero-order chi connectivity index (χ0) is 18.1. The molecule has 0 aliphatic heterocycles. The van der Waals surface area contributed by atoms with Crippen molar-refractivity contribution in [2.75, 3.05) is 0 Å². The quantitative estimate of drug-likeness (QED) is 0.585. The molecule has 7 nitrogen and oxygen atoms in total. The lowest BCUT2D eigenvalue weighted by Crippen LogP contribution is -2.46. The van der Waals surface area contributed by atoms with Crippen LogP contribution in [0, 0.1) is 0 Å². The molecule has 0 fully saturated rings. The molecule has 3 amide bonds. The second kappa shape index (κ2) is 9.44. The number of esters is 1. The van der Waals surface area contributed by atoms with E-state index in [0.717, 1.165) is 0 Å². The topological polar surface area (TPSA) is 102 Å². The van der Waals surface area contributed by atoms with Gasteiger partial charge in [0.1, 0.15) is 0 Å². The summed E-state index contributed by atoms with van der Waals surface area (Å²) in [7, 11) is 0. The Kier molecular flexibility index (Phi) is 7.61. The van der Waals surface area contributed by atoms with E-state index in [1.54, 1.807) is 44.2 Å². The van der Waals surface area contributed by atoms with Crippen molar-refractivity contribution in [2.45, 2.75) is 45.8 Å². The highest BCUT2D eigenvalue weighted by Crippen LogP contribution is 2.06. The summed E-state index contributed by atoms with van der Waals surface area (Å²) in [6, 6.07) is 7.81. The van der Waals surface area contributed by atoms with Gasteiger partial charge in [-0.05, 0) is 20.8 Å². The first-order valence-electron chi connectivity index (χ1n) is 7.68. The maximum absolute atomic E-state index is 11.9. The summed E-state index contributed by atoms with van der Waals surface area (Å²) < 4.78 is 4.92. The highest BCUT2D eigenvalue weighted by molar-refractivity contribution is 5.98. The third-order valence-corrected chi connectivity index (χ3v) is 2.99. The molecule has 0 saturated heterocycles. The van der Waals surface area contributed by atoms with Crippen molar-refractivity contribution in [2.24, 2.45) is 0 Å². The highest BCUT2D eigenvalue weighted by Gasteiger charge is 2.20. The Balaban J connectivity index is 2.37. The number of amides is 3. The van der Waals surface area contributed by atoms with E-state index in [-0.39, 0.29) is 24.7 Å². The summed E-state index contributed by atoms with van der Waals surface area (Å²) in [5.41, 5.74) is 0.515. The van der Waals surface area contributed by atoms with E-state index in [1.807, 2.05) is 0 Å². The Morgan fingerprint density at radius 1 is 1.00 bits per heavy atom. The Hall–Kier alpha value is -2.70. The maximum atomic E-state index is 11.9. The molecular formula is C17H22N2O5. The molecule has 0 heterocycles. The molecule has 130 valence electrons. The largest absolute Gasteiger partial charge is 0.453 e. The molecule has 0 bridgehead atoms. The van der Waals surface area contributed by atoms with Crippen molar-refractivity contribution >= 4 is 23.7 Å². The van der Waals surface area contributed by atoms with Crippen LogP contribution in [0.25, 0.3) is 0 Å². The average Bonchev–Trinajstić information content (AvgIpc) is 2.52. The van der Waals surface area contributed by atoms with Crippen LogP contribution in [0.3, 0.4) is 0 Å². The number of benzene rings is 1. The SMILES string of the molecule is CC(C)NC(=O)NC(=O)C(C)OC(=O)CCC(=O)c1ccccc1. The van der Waals surface area contributed by atoms with Crippen LogP contribution in [0.1, 0.15) is 44.0 Å². The molecule has 7 heteroatoms. The average molecular weight is 334 g/mol. The molecule has 0 aromatic heterocycles. The summed E-state index contributed by atoms with van der Waals surface area (Å²) in [4.78, 5) is 46.7. The van der Waals surface area contributed by atoms with Crippen molar-refractivity contribution in [1.82, 2.24) is 10.6 Å². The molecule has 0 radical (unpaired) electrons. The predicted molar refractivity (Wildman–Crippen MR) is 87.4 cm³/mol. The number of nitrogens with one attached hydrogen (secondary N) is 2. The van der Waals surface area contributed by atoms with Gasteiger partial charge in [-0.15, -0.1) is 0 Å². The van der Waals surface area contributed by atoms with E-state index in [4.69, 9.17) is 4.74 Å². The summed E-state index contributed by atoms with van der Waals surface area (Å²) >= 11 is 0. The van der Waals surface area contributed by atoms with Crippen LogP contribution in [0.4, 0.5) is 4.79 Å². The standard InChI is InChI=1S/C17H22N2O5/c1-11(2)18-17(23)19-16(22)12(3)24-15(21)10-9-14(20)13-7-5-4-6-8-13/h4-8,11-12H,9-10H2,1-3H3,(H2,18,19,22,23). The van der Waals surface area contributed by atoms with Gasteiger partial charge in [0.05, 0.1) is 6.42 Å². The van der Waals surface area contributed by atoms with Gasteiger partial charge in [0.15, 0.2) is 11.9 Å². The smallest absolute Gasteiger partial charge is 0.321 e. The summed E-state index contributed by atoms with van der Waals surface area (Å²) in [5, 5.41) is 4.56. The molecule has 1 aromatic carbocycles. The fourth-order valence-electron chi connectivity index (χ4n) is 1.81. The monoisotopic (exact) mass is 334 g/mol. The first kappa shape index (κ1) is 19.3. The van der Waals surface area contributed by atoms with E-state index in [2.05, 4.69) is 10.6 Å². The lowest BCUT2D eigenvalue weighted by Gasteiger charge is -2.14. The number of rotatable bonds is 7. The Bertz CT molecular complexity index is 598. The Morgan fingerprint density at radius 3 is 2.21 bits per heavy atom. The molecule has 0 saturated carbocycles. The molecule has 1 aromatic rings. The van der Waals surface area contributed by atoms with Crippen molar-refractivity contribution in [3.8, 4) is 0 Å². The van der Waals surface area contributed by atoms with Crippen LogP contribution >= 0.6 is 0 Å². The minimum Gasteiger partial charge on any atom is -0.453 e. The molecule has 0 aliphatic rings. The third kappa shape index (κ3) is 7.04. The Labute approximate surface area is 140 Å². The fourth-order valence-corrected chi connectivity index (χ4v) is 1.81. The molecule has 1 atom stereocenters. The molecule has 24 heavy (non-hydrogen) atoms. The van der Waals surface area contributed by atoms with E-state index in [9.17, 15) is 19.2 Å². The molecule has 0 aliphatic carbocycles. The molecule has 1 rings (SSSR count). The molecule has 0 spiro atoms. The zero-order valence-corrected chi connectivity index (χ0v) is 14.0. The minimum absolute atomic E-state index is 0.00891. The predicted octanol–water partition coefficient (Wildman–Crippen LogP) is 1.82. The normalized spacial score (nSPS) is 11.5. The zero-order valence-electron chi connectivity index (χ0n) is 14.0. The van der Waals surface area contributed by atoms with Gasteiger partial charge in [-0.1, -0.05) is 30.3 Å². The summed E-state index contributed by atoms with van der Waals surface area (Å²) in [5.74, 6) is -1.58. The van der Waals surface area contributed by atoms with Crippen LogP contribution < -0.4 is 10.6 Å². The van der Waals surface area contributed by atoms with Crippen molar-refractivity contribution in [3.05, 3.63) is 35.9 Å². The summed E-state index contributed by atoms with van der Waals surface area (Å²) in [6.45, 7) is 4.85. The van der Waals surface area contributed by atoms with Gasteiger partial charge in [0.2, 0.25) is 0 Å². The van der Waals surface area contributed by atoms with Crippen LogP contribution in [0.15, 0.2) is 30.3 Å². The number of ketones is 1. The van der Waals surface area contributed by atoms with Crippen LogP contribution in [-0.2, 0) is 14.3 Å². The second-order valence-electron chi connectivity index (χ2n) is 5.54. The number of imide groups is 1. The van der Waals surface area contributed by atoms with Crippen molar-refractivity contribution < 1.29 is 23.9 Å².